The van der Waals surface area contributed by atoms with Crippen molar-refractivity contribution in [3.05, 3.63) is 0 Å². The quantitative estimate of drug-likeness (QED) is 0.704. The van der Waals surface area contributed by atoms with Crippen molar-refractivity contribution in [2.24, 2.45) is 10.2 Å². The van der Waals surface area contributed by atoms with Crippen LogP contribution in [0.25, 0.3) is 0 Å². The van der Waals surface area contributed by atoms with Gasteiger partial charge in [-0.1, -0.05) is 0 Å². The molecule has 0 radical (unpaired) electrons. The van der Waals surface area contributed by atoms with Crippen molar-refractivity contribution in [1.82, 2.24) is 9.80 Å². The molecule has 0 saturated carbocycles. The second kappa shape index (κ2) is 6.65. The van der Waals surface area contributed by atoms with Gasteiger partial charge in [0.25, 0.3) is 0 Å². The first-order valence-corrected chi connectivity index (χ1v) is 7.28. The van der Waals surface area contributed by atoms with Crippen molar-refractivity contribution in [3.8, 4) is 12.3 Å². The van der Waals surface area contributed by atoms with Crippen molar-refractivity contribution in [1.29, 1.82) is 0 Å². The lowest BCUT2D eigenvalue weighted by Gasteiger charge is -2.35. The van der Waals surface area contributed by atoms with E-state index in [0.717, 1.165) is 0 Å². The van der Waals surface area contributed by atoms with Gasteiger partial charge in [0.05, 0.1) is 6.54 Å². The summed E-state index contributed by atoms with van der Waals surface area (Å²) in [4.78, 5) is 15.0. The van der Waals surface area contributed by atoms with Gasteiger partial charge in [-0.3, -0.25) is 9.69 Å². The van der Waals surface area contributed by atoms with E-state index >= 15 is 0 Å². The van der Waals surface area contributed by atoms with Crippen LogP contribution in [0.3, 0.4) is 0 Å². The molecule has 0 aromatic rings. The van der Waals surface area contributed by atoms with Crippen LogP contribution < -0.4 is 0 Å². The molecule has 1 amide bonds. The van der Waals surface area contributed by atoms with E-state index in [1.54, 1.807) is 4.90 Å². The molecule has 1 saturated heterocycles. The summed E-state index contributed by atoms with van der Waals surface area (Å²) in [6.07, 6.45) is 3.05. The number of terminal acetylenes is 1. The number of carbonyl (C=O) groups excluding carboxylic acids is 1. The average Bonchev–Trinajstić information content (AvgIpc) is 3.22. The first kappa shape index (κ1) is 16.7. The fraction of sp³-hybridized carbons (Fsp3) is 0.786. The smallest absolute Gasteiger partial charge is 0.340 e. The molecule has 0 unspecified atom stereocenters. The summed E-state index contributed by atoms with van der Waals surface area (Å²) >= 11 is 0. The molecule has 5 nitrogen and oxygen atoms in total. The zero-order chi connectivity index (χ0) is 16.2. The normalized spacial score (nSPS) is 20.7. The van der Waals surface area contributed by atoms with Crippen molar-refractivity contribution in [3.63, 3.8) is 0 Å². The number of nitrogens with zero attached hydrogens (tertiary/aromatic N) is 4. The van der Waals surface area contributed by atoms with Crippen LogP contribution in [0.4, 0.5) is 13.2 Å². The summed E-state index contributed by atoms with van der Waals surface area (Å²) in [5.41, 5.74) is -0.486. The Morgan fingerprint density at radius 2 is 1.82 bits per heavy atom. The van der Waals surface area contributed by atoms with E-state index < -0.39 is 18.4 Å². The highest BCUT2D eigenvalue weighted by Gasteiger charge is 2.40. The predicted octanol–water partition coefficient (Wildman–Crippen LogP) is 2.05. The molecule has 0 spiro atoms. The van der Waals surface area contributed by atoms with Gasteiger partial charge < -0.3 is 4.90 Å². The molecular weight excluding hydrogens is 297 g/mol. The van der Waals surface area contributed by atoms with Gasteiger partial charge in [0.1, 0.15) is 0 Å². The fourth-order valence-corrected chi connectivity index (χ4v) is 2.54. The molecule has 2 aliphatic rings. The minimum Gasteiger partial charge on any atom is -0.340 e. The number of hydrogen-bond acceptors (Lipinski definition) is 4. The third kappa shape index (κ3) is 4.98. The lowest BCUT2D eigenvalue weighted by molar-refractivity contribution is -0.151. The minimum atomic E-state index is -4.19. The molecule has 22 heavy (non-hydrogen) atoms. The largest absolute Gasteiger partial charge is 0.401 e. The Balaban J connectivity index is 1.69. The van der Waals surface area contributed by atoms with Gasteiger partial charge in [0.2, 0.25) is 5.91 Å². The van der Waals surface area contributed by atoms with Crippen LogP contribution in [-0.4, -0.2) is 60.3 Å². The molecule has 0 N–H and O–H groups in total. The third-order valence-corrected chi connectivity index (χ3v) is 3.92. The maximum atomic E-state index is 12.3. The first-order chi connectivity index (χ1) is 10.3. The molecule has 0 aliphatic carbocycles. The van der Waals surface area contributed by atoms with Crippen LogP contribution in [0, 0.1) is 12.3 Å². The van der Waals surface area contributed by atoms with Crippen molar-refractivity contribution in [2.45, 2.75) is 37.5 Å². The number of hydrogen-bond donors (Lipinski definition) is 0. The molecule has 2 rings (SSSR count). The Kier molecular flexibility index (Phi) is 5.06. The standard InChI is InChI=1S/C14H19F3N4O/c1-2-3-5-13(18-19-13)6-4-12(22)21-9-7-20(8-10-21)11-14(15,16)17/h1H,3-11H2. The minimum absolute atomic E-state index is 0.0518. The van der Waals surface area contributed by atoms with Gasteiger partial charge in [0, 0.05) is 51.9 Å². The summed E-state index contributed by atoms with van der Waals surface area (Å²) in [6, 6.07) is 0. The zero-order valence-corrected chi connectivity index (χ0v) is 12.3. The molecule has 2 heterocycles. The SMILES string of the molecule is C#CCCC1(CCC(=O)N2CCN(CC(F)(F)F)CC2)N=N1. The Hall–Kier alpha value is -1.62. The van der Waals surface area contributed by atoms with E-state index in [2.05, 4.69) is 16.1 Å². The maximum Gasteiger partial charge on any atom is 0.401 e. The maximum absolute atomic E-state index is 12.3. The summed E-state index contributed by atoms with van der Waals surface area (Å²) in [7, 11) is 0. The highest BCUT2D eigenvalue weighted by atomic mass is 19.4. The highest BCUT2D eigenvalue weighted by molar-refractivity contribution is 5.76. The molecule has 0 atom stereocenters. The van der Waals surface area contributed by atoms with Crippen LogP contribution in [0.5, 0.6) is 0 Å². The topological polar surface area (TPSA) is 48.3 Å². The van der Waals surface area contributed by atoms with Crippen LogP contribution in [-0.2, 0) is 4.79 Å². The van der Waals surface area contributed by atoms with Gasteiger partial charge >= 0.3 is 6.18 Å². The summed E-state index contributed by atoms with van der Waals surface area (Å²) in [5.74, 6) is 2.47. The summed E-state index contributed by atoms with van der Waals surface area (Å²) in [5, 5.41) is 7.93. The number of carbonyl (C=O) groups is 1. The zero-order valence-electron chi connectivity index (χ0n) is 12.3. The van der Waals surface area contributed by atoms with Gasteiger partial charge in [-0.25, -0.2) is 0 Å². The molecule has 122 valence electrons. The number of rotatable bonds is 6. The van der Waals surface area contributed by atoms with E-state index in [4.69, 9.17) is 6.42 Å². The Morgan fingerprint density at radius 1 is 1.18 bits per heavy atom. The molecule has 0 aromatic carbocycles. The average molecular weight is 316 g/mol. The second-order valence-electron chi connectivity index (χ2n) is 5.66. The summed E-state index contributed by atoms with van der Waals surface area (Å²) in [6.45, 7) is 0.258. The predicted molar refractivity (Wildman–Crippen MR) is 74.0 cm³/mol. The lowest BCUT2D eigenvalue weighted by Crippen LogP contribution is -2.51. The third-order valence-electron chi connectivity index (χ3n) is 3.92. The molecule has 2 aliphatic heterocycles. The fourth-order valence-electron chi connectivity index (χ4n) is 2.54. The van der Waals surface area contributed by atoms with E-state index in [9.17, 15) is 18.0 Å². The van der Waals surface area contributed by atoms with E-state index in [-0.39, 0.29) is 19.0 Å². The van der Waals surface area contributed by atoms with Crippen LogP contribution in [0.1, 0.15) is 25.7 Å². The molecule has 8 heteroatoms. The van der Waals surface area contributed by atoms with Crippen LogP contribution in [0.15, 0.2) is 10.2 Å². The number of halogens is 3. The molecular formula is C14H19F3N4O. The monoisotopic (exact) mass is 316 g/mol. The van der Waals surface area contributed by atoms with Crippen molar-refractivity contribution < 1.29 is 18.0 Å². The van der Waals surface area contributed by atoms with E-state index in [1.807, 2.05) is 0 Å². The lowest BCUT2D eigenvalue weighted by atomic mass is 10.0. The van der Waals surface area contributed by atoms with Gasteiger partial charge in [-0.15, -0.1) is 12.3 Å². The van der Waals surface area contributed by atoms with Gasteiger partial charge in [-0.05, 0) is 0 Å². The Morgan fingerprint density at radius 3 is 2.32 bits per heavy atom. The second-order valence-corrected chi connectivity index (χ2v) is 5.66. The Labute approximate surface area is 127 Å². The van der Waals surface area contributed by atoms with Crippen molar-refractivity contribution in [2.75, 3.05) is 32.7 Å². The number of piperazine rings is 1. The van der Waals surface area contributed by atoms with Crippen molar-refractivity contribution >= 4 is 5.91 Å². The van der Waals surface area contributed by atoms with Gasteiger partial charge in [0.15, 0.2) is 5.66 Å². The Bertz CT molecular complexity index is 469. The van der Waals surface area contributed by atoms with E-state index in [1.165, 1.54) is 4.90 Å². The van der Waals surface area contributed by atoms with Crippen LogP contribution in [0.2, 0.25) is 0 Å². The first-order valence-electron chi connectivity index (χ1n) is 7.28. The molecule has 0 bridgehead atoms. The van der Waals surface area contributed by atoms with Gasteiger partial charge in [-0.2, -0.15) is 23.4 Å². The molecule has 0 aromatic heterocycles. The molecule has 1 fully saturated rings. The highest BCUT2D eigenvalue weighted by Crippen LogP contribution is 2.37. The summed E-state index contributed by atoms with van der Waals surface area (Å²) < 4.78 is 36.9. The van der Waals surface area contributed by atoms with Crippen LogP contribution >= 0.6 is 0 Å². The number of amides is 1. The number of alkyl halides is 3. The van der Waals surface area contributed by atoms with E-state index in [0.29, 0.717) is 38.8 Å².